The van der Waals surface area contributed by atoms with Crippen molar-refractivity contribution in [2.75, 3.05) is 0 Å². The van der Waals surface area contributed by atoms with Gasteiger partial charge in [0.15, 0.2) is 6.29 Å². The molecule has 0 radical (unpaired) electrons. The molecule has 0 unspecified atom stereocenters. The Morgan fingerprint density at radius 1 is 1.19 bits per heavy atom. The summed E-state index contributed by atoms with van der Waals surface area (Å²) in [5.41, 5.74) is 1.78. The van der Waals surface area contributed by atoms with E-state index in [2.05, 4.69) is 4.98 Å². The van der Waals surface area contributed by atoms with Crippen LogP contribution in [-0.2, 0) is 0 Å². The van der Waals surface area contributed by atoms with E-state index in [1.807, 2.05) is 0 Å². The first kappa shape index (κ1) is 11.1. The molecule has 0 aliphatic rings. The van der Waals surface area contributed by atoms with Gasteiger partial charge in [-0.25, -0.2) is 0 Å². The van der Waals surface area contributed by atoms with E-state index in [1.54, 1.807) is 36.5 Å². The molecule has 0 bridgehead atoms. The second-order valence-corrected chi connectivity index (χ2v) is 4.03. The fourth-order valence-corrected chi connectivity index (χ4v) is 1.92. The number of nitrogens with zero attached hydrogens (tertiary/aromatic N) is 1. The predicted molar refractivity (Wildman–Crippen MR) is 65.1 cm³/mol. The first-order valence-electron chi connectivity index (χ1n) is 4.58. The van der Waals surface area contributed by atoms with Crippen LogP contribution in [0.2, 0.25) is 10.0 Å². The van der Waals surface area contributed by atoms with Crippen molar-refractivity contribution in [2.45, 2.75) is 0 Å². The number of carbonyl (C=O) groups excluding carboxylic acids is 1. The number of hydrogen-bond donors (Lipinski definition) is 0. The van der Waals surface area contributed by atoms with Crippen LogP contribution in [0.25, 0.3) is 11.3 Å². The summed E-state index contributed by atoms with van der Waals surface area (Å²) in [6.07, 6.45) is 2.38. The maximum absolute atomic E-state index is 10.9. The minimum atomic E-state index is 0.481. The van der Waals surface area contributed by atoms with E-state index in [-0.39, 0.29) is 0 Å². The fraction of sp³-hybridized carbons (Fsp3) is 0. The molecule has 0 amide bonds. The monoisotopic (exact) mass is 251 g/mol. The predicted octanol–water partition coefficient (Wildman–Crippen LogP) is 3.87. The molecule has 1 aromatic carbocycles. The van der Waals surface area contributed by atoms with Crippen LogP contribution in [0, 0.1) is 0 Å². The minimum Gasteiger partial charge on any atom is -0.298 e. The van der Waals surface area contributed by atoms with Crippen LogP contribution in [0.5, 0.6) is 0 Å². The molecule has 0 spiro atoms. The van der Waals surface area contributed by atoms with Crippen LogP contribution in [0.1, 0.15) is 10.4 Å². The van der Waals surface area contributed by atoms with Crippen LogP contribution < -0.4 is 0 Å². The van der Waals surface area contributed by atoms with Gasteiger partial charge in [-0.3, -0.25) is 9.78 Å². The van der Waals surface area contributed by atoms with Crippen molar-refractivity contribution in [3.8, 4) is 11.3 Å². The zero-order chi connectivity index (χ0) is 11.5. The molecule has 0 aliphatic heterocycles. The Balaban J connectivity index is 2.62. The Bertz CT molecular complexity index is 540. The highest BCUT2D eigenvalue weighted by molar-refractivity contribution is 6.36. The van der Waals surface area contributed by atoms with E-state index >= 15 is 0 Å². The maximum atomic E-state index is 10.9. The number of rotatable bonds is 2. The second-order valence-electron chi connectivity index (χ2n) is 3.18. The fourth-order valence-electron chi connectivity index (χ4n) is 1.42. The largest absolute Gasteiger partial charge is 0.298 e. The Labute approximate surface area is 103 Å². The van der Waals surface area contributed by atoms with Crippen LogP contribution >= 0.6 is 23.2 Å². The molecule has 0 saturated heterocycles. The van der Waals surface area contributed by atoms with Gasteiger partial charge in [-0.1, -0.05) is 23.2 Å². The second kappa shape index (κ2) is 4.64. The molecule has 0 N–H and O–H groups in total. The van der Waals surface area contributed by atoms with Crippen molar-refractivity contribution in [1.82, 2.24) is 4.98 Å². The van der Waals surface area contributed by atoms with Crippen molar-refractivity contribution in [2.24, 2.45) is 0 Å². The summed E-state index contributed by atoms with van der Waals surface area (Å²) in [5, 5.41) is 1.03. The van der Waals surface area contributed by atoms with Crippen molar-refractivity contribution in [1.29, 1.82) is 0 Å². The third-order valence-corrected chi connectivity index (χ3v) is 2.70. The quantitative estimate of drug-likeness (QED) is 0.759. The lowest BCUT2D eigenvalue weighted by Gasteiger charge is -2.05. The number of carbonyl (C=O) groups is 1. The van der Waals surface area contributed by atoms with Gasteiger partial charge in [-0.05, 0) is 30.3 Å². The first-order chi connectivity index (χ1) is 7.72. The molecule has 0 fully saturated rings. The third kappa shape index (κ3) is 2.08. The molecular weight excluding hydrogens is 245 g/mol. The van der Waals surface area contributed by atoms with Gasteiger partial charge in [-0.2, -0.15) is 0 Å². The van der Waals surface area contributed by atoms with E-state index in [4.69, 9.17) is 23.2 Å². The molecule has 16 heavy (non-hydrogen) atoms. The molecule has 2 aromatic rings. The average molecular weight is 252 g/mol. The highest BCUT2D eigenvalue weighted by atomic mass is 35.5. The van der Waals surface area contributed by atoms with Gasteiger partial charge in [0.1, 0.15) is 0 Å². The van der Waals surface area contributed by atoms with E-state index < -0.39 is 0 Å². The zero-order valence-corrected chi connectivity index (χ0v) is 9.66. The summed E-state index contributed by atoms with van der Waals surface area (Å²) in [4.78, 5) is 15.0. The van der Waals surface area contributed by atoms with Crippen molar-refractivity contribution >= 4 is 29.5 Å². The first-order valence-corrected chi connectivity index (χ1v) is 5.33. The van der Waals surface area contributed by atoms with Crippen molar-refractivity contribution in [3.05, 3.63) is 52.1 Å². The summed E-state index contributed by atoms with van der Waals surface area (Å²) in [5.74, 6) is 0. The van der Waals surface area contributed by atoms with Crippen LogP contribution in [-0.4, -0.2) is 11.3 Å². The number of pyridine rings is 1. The number of benzene rings is 1. The lowest BCUT2D eigenvalue weighted by molar-refractivity contribution is 0.112. The third-order valence-electron chi connectivity index (χ3n) is 2.15. The van der Waals surface area contributed by atoms with Gasteiger partial charge >= 0.3 is 0 Å². The molecular formula is C12H7Cl2NO. The topological polar surface area (TPSA) is 30.0 Å². The summed E-state index contributed by atoms with van der Waals surface area (Å²) in [6, 6.07) is 8.49. The Morgan fingerprint density at radius 3 is 2.69 bits per heavy atom. The SMILES string of the molecule is O=Cc1cccnc1-c1ccc(Cl)cc1Cl. The summed E-state index contributed by atoms with van der Waals surface area (Å²) in [7, 11) is 0. The van der Waals surface area contributed by atoms with E-state index in [0.29, 0.717) is 26.9 Å². The summed E-state index contributed by atoms with van der Waals surface area (Å²) in [6.45, 7) is 0. The number of hydrogen-bond acceptors (Lipinski definition) is 2. The van der Waals surface area contributed by atoms with Crippen LogP contribution in [0.3, 0.4) is 0 Å². The van der Waals surface area contributed by atoms with E-state index in [1.165, 1.54) is 0 Å². The smallest absolute Gasteiger partial charge is 0.152 e. The standard InChI is InChI=1S/C12H7Cl2NO/c13-9-3-4-10(11(14)6-9)12-8(7-16)2-1-5-15-12/h1-7H. The highest BCUT2D eigenvalue weighted by Gasteiger charge is 2.09. The molecule has 0 aliphatic carbocycles. The molecule has 0 atom stereocenters. The van der Waals surface area contributed by atoms with Gasteiger partial charge in [0, 0.05) is 22.3 Å². The Kier molecular flexibility index (Phi) is 3.22. The summed E-state index contributed by atoms with van der Waals surface area (Å²) >= 11 is 11.9. The number of halogens is 2. The van der Waals surface area contributed by atoms with Gasteiger partial charge in [0.25, 0.3) is 0 Å². The molecule has 80 valence electrons. The number of aromatic nitrogens is 1. The van der Waals surface area contributed by atoms with E-state index in [0.717, 1.165) is 6.29 Å². The average Bonchev–Trinajstić information content (AvgIpc) is 2.29. The zero-order valence-electron chi connectivity index (χ0n) is 8.15. The molecule has 2 rings (SSSR count). The minimum absolute atomic E-state index is 0.481. The maximum Gasteiger partial charge on any atom is 0.152 e. The van der Waals surface area contributed by atoms with Gasteiger partial charge in [-0.15, -0.1) is 0 Å². The van der Waals surface area contributed by atoms with Crippen LogP contribution in [0.4, 0.5) is 0 Å². The molecule has 1 heterocycles. The Morgan fingerprint density at radius 2 is 2.00 bits per heavy atom. The van der Waals surface area contributed by atoms with E-state index in [9.17, 15) is 4.79 Å². The molecule has 0 saturated carbocycles. The van der Waals surface area contributed by atoms with Crippen molar-refractivity contribution in [3.63, 3.8) is 0 Å². The molecule has 1 aromatic heterocycles. The van der Waals surface area contributed by atoms with Gasteiger partial charge in [0.05, 0.1) is 10.7 Å². The van der Waals surface area contributed by atoms with Gasteiger partial charge in [0.2, 0.25) is 0 Å². The normalized spacial score (nSPS) is 10.1. The van der Waals surface area contributed by atoms with Crippen LogP contribution in [0.15, 0.2) is 36.5 Å². The van der Waals surface area contributed by atoms with Gasteiger partial charge < -0.3 is 0 Å². The van der Waals surface area contributed by atoms with Crippen molar-refractivity contribution < 1.29 is 4.79 Å². The summed E-state index contributed by atoms with van der Waals surface area (Å²) < 4.78 is 0. The Hall–Kier alpha value is -1.38. The number of aldehydes is 1. The lowest BCUT2D eigenvalue weighted by Crippen LogP contribution is -1.91. The highest BCUT2D eigenvalue weighted by Crippen LogP contribution is 2.30. The molecule has 4 heteroatoms. The molecule has 2 nitrogen and oxygen atoms in total. The lowest BCUT2D eigenvalue weighted by atomic mass is 10.1.